The molecular formula is C19H16F2N6O. The van der Waals surface area contributed by atoms with E-state index in [-0.39, 0.29) is 17.5 Å². The molecule has 3 aromatic heterocycles. The summed E-state index contributed by atoms with van der Waals surface area (Å²) in [7, 11) is 1.74. The third-order valence-corrected chi connectivity index (χ3v) is 4.34. The Morgan fingerprint density at radius 3 is 2.75 bits per heavy atom. The highest BCUT2D eigenvalue weighted by molar-refractivity contribution is 5.99. The van der Waals surface area contributed by atoms with Crippen LogP contribution in [-0.4, -0.2) is 32.7 Å². The molecule has 9 heteroatoms. The summed E-state index contributed by atoms with van der Waals surface area (Å²) in [5, 5.41) is 11.0. The Morgan fingerprint density at radius 2 is 2.07 bits per heavy atom. The number of anilines is 2. The Morgan fingerprint density at radius 1 is 1.25 bits per heavy atom. The second-order valence-corrected chi connectivity index (χ2v) is 6.36. The van der Waals surface area contributed by atoms with Crippen LogP contribution in [0.25, 0.3) is 10.8 Å². The van der Waals surface area contributed by atoms with Gasteiger partial charge in [-0.05, 0) is 30.9 Å². The second kappa shape index (κ2) is 7.23. The van der Waals surface area contributed by atoms with Crippen molar-refractivity contribution in [2.45, 2.75) is 19.4 Å². The molecule has 0 bridgehead atoms. The van der Waals surface area contributed by atoms with Crippen molar-refractivity contribution in [2.75, 3.05) is 17.7 Å². The first kappa shape index (κ1) is 17.9. The standard InChI is InChI=1S/C19H16F2N6O/c1-22-17-15-10-23-16(25-18(28)11-2-3-11)8-14(15)12(9-24-17)4-5-13-6-7-27(26-13)19(20)21/h6-11,19H,2-3H2,1H3,(H,22,24)(H,23,25,28). The summed E-state index contributed by atoms with van der Waals surface area (Å²) < 4.78 is 25.8. The molecule has 1 saturated carbocycles. The lowest BCUT2D eigenvalue weighted by atomic mass is 10.1. The van der Waals surface area contributed by atoms with Crippen LogP contribution in [0.2, 0.25) is 0 Å². The average molecular weight is 382 g/mol. The van der Waals surface area contributed by atoms with Crippen LogP contribution in [0.3, 0.4) is 0 Å². The zero-order chi connectivity index (χ0) is 19.7. The number of amides is 1. The predicted molar refractivity (Wildman–Crippen MR) is 99.9 cm³/mol. The van der Waals surface area contributed by atoms with Crippen LogP contribution < -0.4 is 10.6 Å². The zero-order valence-electron chi connectivity index (χ0n) is 14.9. The summed E-state index contributed by atoms with van der Waals surface area (Å²) in [6.07, 6.45) is 6.17. The van der Waals surface area contributed by atoms with Crippen LogP contribution in [0.5, 0.6) is 0 Å². The number of aromatic nitrogens is 4. The summed E-state index contributed by atoms with van der Waals surface area (Å²) in [5.74, 6) is 6.77. The molecule has 2 N–H and O–H groups in total. The first-order chi connectivity index (χ1) is 13.5. The molecule has 0 spiro atoms. The van der Waals surface area contributed by atoms with E-state index in [2.05, 4.69) is 37.5 Å². The van der Waals surface area contributed by atoms with Crippen molar-refractivity contribution in [3.63, 3.8) is 0 Å². The first-order valence-corrected chi connectivity index (χ1v) is 8.68. The molecule has 0 radical (unpaired) electrons. The van der Waals surface area contributed by atoms with Crippen molar-refractivity contribution < 1.29 is 13.6 Å². The molecule has 3 heterocycles. The molecule has 0 aromatic carbocycles. The minimum Gasteiger partial charge on any atom is -0.373 e. The van der Waals surface area contributed by atoms with Crippen LogP contribution in [0, 0.1) is 17.8 Å². The molecule has 1 amide bonds. The monoisotopic (exact) mass is 382 g/mol. The minimum absolute atomic E-state index is 0.0417. The van der Waals surface area contributed by atoms with Crippen molar-refractivity contribution in [1.82, 2.24) is 19.7 Å². The van der Waals surface area contributed by atoms with Gasteiger partial charge in [0.1, 0.15) is 17.3 Å². The number of carbonyl (C=O) groups is 1. The number of nitrogens with zero attached hydrogens (tertiary/aromatic N) is 4. The number of halogens is 2. The fourth-order valence-electron chi connectivity index (χ4n) is 2.72. The lowest BCUT2D eigenvalue weighted by molar-refractivity contribution is -0.117. The van der Waals surface area contributed by atoms with E-state index < -0.39 is 6.55 Å². The summed E-state index contributed by atoms with van der Waals surface area (Å²) in [5.41, 5.74) is 0.798. The van der Waals surface area contributed by atoms with E-state index >= 15 is 0 Å². The number of nitrogens with one attached hydrogen (secondary N) is 2. The van der Waals surface area contributed by atoms with Gasteiger partial charge in [-0.1, -0.05) is 5.92 Å². The highest BCUT2D eigenvalue weighted by Gasteiger charge is 2.29. The molecule has 142 valence electrons. The molecule has 28 heavy (non-hydrogen) atoms. The van der Waals surface area contributed by atoms with Gasteiger partial charge in [0, 0.05) is 42.3 Å². The molecule has 7 nitrogen and oxygen atoms in total. The highest BCUT2D eigenvalue weighted by atomic mass is 19.3. The Labute approximate surface area is 159 Å². The van der Waals surface area contributed by atoms with Gasteiger partial charge in [0.05, 0.1) is 5.56 Å². The van der Waals surface area contributed by atoms with E-state index in [9.17, 15) is 13.6 Å². The Bertz CT molecular complexity index is 1110. The number of pyridine rings is 2. The number of alkyl halides is 2. The third-order valence-electron chi connectivity index (χ3n) is 4.34. The number of hydrogen-bond donors (Lipinski definition) is 2. The number of fused-ring (bicyclic) bond motifs is 1. The van der Waals surface area contributed by atoms with Gasteiger partial charge < -0.3 is 10.6 Å². The molecular weight excluding hydrogens is 366 g/mol. The summed E-state index contributed by atoms with van der Waals surface area (Å²) in [6.45, 7) is -2.71. The topological polar surface area (TPSA) is 84.7 Å². The van der Waals surface area contributed by atoms with Crippen molar-refractivity contribution in [3.8, 4) is 11.8 Å². The first-order valence-electron chi connectivity index (χ1n) is 8.68. The highest BCUT2D eigenvalue weighted by Crippen LogP contribution is 2.31. The maximum atomic E-state index is 12.6. The largest absolute Gasteiger partial charge is 0.373 e. The second-order valence-electron chi connectivity index (χ2n) is 6.36. The molecule has 0 saturated heterocycles. The van der Waals surface area contributed by atoms with Gasteiger partial charge in [0.25, 0.3) is 0 Å². The third kappa shape index (κ3) is 3.62. The Balaban J connectivity index is 1.72. The SMILES string of the molecule is CNc1ncc(C#Cc2ccn(C(F)F)n2)c2cc(NC(=O)C3CC3)ncc12. The molecule has 4 rings (SSSR count). The maximum Gasteiger partial charge on any atom is 0.333 e. The fraction of sp³-hybridized carbons (Fsp3) is 0.263. The quantitative estimate of drug-likeness (QED) is 0.678. The summed E-state index contributed by atoms with van der Waals surface area (Å²) in [4.78, 5) is 20.6. The zero-order valence-corrected chi connectivity index (χ0v) is 14.9. The summed E-state index contributed by atoms with van der Waals surface area (Å²) in [6, 6.07) is 3.15. The molecule has 1 aliphatic rings. The van der Waals surface area contributed by atoms with Gasteiger partial charge in [0.15, 0.2) is 0 Å². The van der Waals surface area contributed by atoms with Crippen LogP contribution in [0.4, 0.5) is 20.4 Å². The lowest BCUT2D eigenvalue weighted by Gasteiger charge is -2.09. The van der Waals surface area contributed by atoms with Gasteiger partial charge in [-0.2, -0.15) is 13.9 Å². The Hall–Kier alpha value is -3.54. The number of hydrogen-bond acceptors (Lipinski definition) is 5. The van der Waals surface area contributed by atoms with E-state index in [1.165, 1.54) is 12.3 Å². The molecule has 1 aliphatic carbocycles. The van der Waals surface area contributed by atoms with Crippen molar-refractivity contribution >= 4 is 28.3 Å². The molecule has 0 aliphatic heterocycles. The normalized spacial score (nSPS) is 13.3. The van der Waals surface area contributed by atoms with Gasteiger partial charge in [-0.25, -0.2) is 14.6 Å². The number of carbonyl (C=O) groups excluding carboxylic acids is 1. The van der Waals surface area contributed by atoms with Crippen molar-refractivity contribution in [2.24, 2.45) is 5.92 Å². The molecule has 1 fully saturated rings. The molecule has 3 aromatic rings. The van der Waals surface area contributed by atoms with Crippen molar-refractivity contribution in [1.29, 1.82) is 0 Å². The van der Waals surface area contributed by atoms with Gasteiger partial charge >= 0.3 is 6.55 Å². The Kier molecular flexibility index (Phi) is 4.61. The van der Waals surface area contributed by atoms with Crippen LogP contribution in [-0.2, 0) is 4.79 Å². The van der Waals surface area contributed by atoms with Gasteiger partial charge in [0.2, 0.25) is 5.91 Å². The van der Waals surface area contributed by atoms with E-state index in [0.29, 0.717) is 21.9 Å². The van der Waals surface area contributed by atoms with Crippen LogP contribution >= 0.6 is 0 Å². The minimum atomic E-state index is -2.71. The van der Waals surface area contributed by atoms with Gasteiger partial charge in [-0.3, -0.25) is 4.79 Å². The smallest absolute Gasteiger partial charge is 0.333 e. The van der Waals surface area contributed by atoms with Crippen LogP contribution in [0.1, 0.15) is 30.6 Å². The number of rotatable bonds is 4. The van der Waals surface area contributed by atoms with Crippen molar-refractivity contribution in [3.05, 3.63) is 42.0 Å². The molecule has 0 unspecified atom stereocenters. The van der Waals surface area contributed by atoms with Crippen LogP contribution in [0.15, 0.2) is 30.7 Å². The van der Waals surface area contributed by atoms with E-state index in [0.717, 1.165) is 23.6 Å². The fourth-order valence-corrected chi connectivity index (χ4v) is 2.72. The predicted octanol–water partition coefficient (Wildman–Crippen LogP) is 3.01. The lowest BCUT2D eigenvalue weighted by Crippen LogP contribution is -2.14. The maximum absolute atomic E-state index is 12.6. The van der Waals surface area contributed by atoms with E-state index in [1.54, 1.807) is 25.5 Å². The average Bonchev–Trinajstić information content (AvgIpc) is 3.44. The van der Waals surface area contributed by atoms with E-state index in [1.807, 2.05) is 0 Å². The summed E-state index contributed by atoms with van der Waals surface area (Å²) >= 11 is 0. The van der Waals surface area contributed by atoms with Gasteiger partial charge in [-0.15, -0.1) is 0 Å². The molecule has 0 atom stereocenters. The van der Waals surface area contributed by atoms with E-state index in [4.69, 9.17) is 0 Å².